The highest BCUT2D eigenvalue weighted by molar-refractivity contribution is 5.75. The maximum absolute atomic E-state index is 11.4. The number of nitrogens with one attached hydrogen (secondary N) is 1. The predicted molar refractivity (Wildman–Crippen MR) is 75.6 cm³/mol. The lowest BCUT2D eigenvalue weighted by atomic mass is 10.2. The number of benzene rings is 1. The van der Waals surface area contributed by atoms with Gasteiger partial charge in [-0.3, -0.25) is 4.79 Å². The van der Waals surface area contributed by atoms with Crippen LogP contribution in [-0.2, 0) is 4.79 Å². The van der Waals surface area contributed by atoms with E-state index in [4.69, 9.17) is 9.47 Å². The quantitative estimate of drug-likeness (QED) is 0.698. The fraction of sp³-hybridized carbons (Fsp3) is 0.533. The topological polar surface area (TPSA) is 47.6 Å². The van der Waals surface area contributed by atoms with E-state index in [1.807, 2.05) is 24.3 Å². The van der Waals surface area contributed by atoms with Crippen molar-refractivity contribution in [2.45, 2.75) is 32.6 Å². The first-order chi connectivity index (χ1) is 9.26. The molecule has 0 radical (unpaired) electrons. The van der Waals surface area contributed by atoms with Gasteiger partial charge in [-0.15, -0.1) is 0 Å². The lowest BCUT2D eigenvalue weighted by molar-refractivity contribution is -0.121. The molecule has 0 unspecified atom stereocenters. The summed E-state index contributed by atoms with van der Waals surface area (Å²) >= 11 is 0. The van der Waals surface area contributed by atoms with Crippen molar-refractivity contribution in [3.8, 4) is 11.5 Å². The van der Waals surface area contributed by atoms with E-state index in [1.54, 1.807) is 7.11 Å². The molecule has 1 aromatic carbocycles. The summed E-state index contributed by atoms with van der Waals surface area (Å²) in [5.41, 5.74) is 0. The van der Waals surface area contributed by atoms with Crippen LogP contribution < -0.4 is 14.8 Å². The lowest BCUT2D eigenvalue weighted by Gasteiger charge is -2.08. The Labute approximate surface area is 115 Å². The average Bonchev–Trinajstić information content (AvgIpc) is 2.44. The molecular formula is C15H23NO3. The third kappa shape index (κ3) is 6.70. The van der Waals surface area contributed by atoms with Gasteiger partial charge in [-0.25, -0.2) is 0 Å². The van der Waals surface area contributed by atoms with Crippen LogP contribution in [0, 0.1) is 0 Å². The summed E-state index contributed by atoms with van der Waals surface area (Å²) in [4.78, 5) is 11.4. The minimum absolute atomic E-state index is 0.0997. The second-order valence-electron chi connectivity index (χ2n) is 4.33. The summed E-state index contributed by atoms with van der Waals surface area (Å²) < 4.78 is 10.6. The van der Waals surface area contributed by atoms with E-state index in [2.05, 4.69) is 12.2 Å². The van der Waals surface area contributed by atoms with Gasteiger partial charge in [0.2, 0.25) is 5.91 Å². The van der Waals surface area contributed by atoms with Crippen LogP contribution in [0.4, 0.5) is 0 Å². The van der Waals surface area contributed by atoms with Crippen molar-refractivity contribution in [1.82, 2.24) is 5.32 Å². The number of carbonyl (C=O) groups is 1. The summed E-state index contributed by atoms with van der Waals surface area (Å²) in [6.45, 7) is 3.12. The molecule has 4 heteroatoms. The van der Waals surface area contributed by atoms with Gasteiger partial charge in [-0.05, 0) is 18.6 Å². The highest BCUT2D eigenvalue weighted by atomic mass is 16.5. The fourth-order valence-corrected chi connectivity index (χ4v) is 1.67. The molecule has 1 amide bonds. The Hall–Kier alpha value is -1.71. The van der Waals surface area contributed by atoms with Crippen LogP contribution in [0.5, 0.6) is 11.5 Å². The molecule has 1 N–H and O–H groups in total. The zero-order valence-electron chi connectivity index (χ0n) is 11.8. The Balaban J connectivity index is 2.14. The molecular weight excluding hydrogens is 242 g/mol. The molecule has 0 aromatic heterocycles. The SMILES string of the molecule is CCCCCC(=O)NCCOc1cccc(OC)c1. The average molecular weight is 265 g/mol. The first-order valence-electron chi connectivity index (χ1n) is 6.79. The minimum Gasteiger partial charge on any atom is -0.497 e. The van der Waals surface area contributed by atoms with Gasteiger partial charge < -0.3 is 14.8 Å². The largest absolute Gasteiger partial charge is 0.497 e. The first kappa shape index (κ1) is 15.3. The van der Waals surface area contributed by atoms with Crippen LogP contribution in [0.1, 0.15) is 32.6 Å². The van der Waals surface area contributed by atoms with Crippen LogP contribution in [0.2, 0.25) is 0 Å². The maximum atomic E-state index is 11.4. The van der Waals surface area contributed by atoms with Crippen molar-refractivity contribution < 1.29 is 14.3 Å². The molecule has 106 valence electrons. The van der Waals surface area contributed by atoms with E-state index in [0.29, 0.717) is 19.6 Å². The zero-order valence-corrected chi connectivity index (χ0v) is 11.8. The number of methoxy groups -OCH3 is 1. The third-order valence-electron chi connectivity index (χ3n) is 2.74. The minimum atomic E-state index is 0.0997. The van der Waals surface area contributed by atoms with Crippen molar-refractivity contribution in [3.63, 3.8) is 0 Å². The molecule has 0 heterocycles. The van der Waals surface area contributed by atoms with Crippen molar-refractivity contribution in [3.05, 3.63) is 24.3 Å². The summed E-state index contributed by atoms with van der Waals surface area (Å²) in [7, 11) is 1.62. The molecule has 0 spiro atoms. The Bertz CT molecular complexity index is 379. The molecule has 0 aliphatic rings. The van der Waals surface area contributed by atoms with E-state index >= 15 is 0 Å². The molecule has 0 bridgehead atoms. The van der Waals surface area contributed by atoms with Gasteiger partial charge in [0.05, 0.1) is 13.7 Å². The molecule has 1 aromatic rings. The summed E-state index contributed by atoms with van der Waals surface area (Å²) in [5.74, 6) is 1.61. The van der Waals surface area contributed by atoms with E-state index in [1.165, 1.54) is 0 Å². The number of hydrogen-bond acceptors (Lipinski definition) is 3. The van der Waals surface area contributed by atoms with Crippen LogP contribution in [0.25, 0.3) is 0 Å². The number of carbonyl (C=O) groups excluding carboxylic acids is 1. The van der Waals surface area contributed by atoms with Crippen molar-refractivity contribution in [2.24, 2.45) is 0 Å². The summed E-state index contributed by atoms with van der Waals surface area (Å²) in [5, 5.41) is 2.85. The lowest BCUT2D eigenvalue weighted by Crippen LogP contribution is -2.27. The molecule has 0 fully saturated rings. The van der Waals surface area contributed by atoms with Gasteiger partial charge in [0.1, 0.15) is 18.1 Å². The highest BCUT2D eigenvalue weighted by Gasteiger charge is 2.00. The van der Waals surface area contributed by atoms with E-state index in [-0.39, 0.29) is 5.91 Å². The van der Waals surface area contributed by atoms with Crippen molar-refractivity contribution in [1.29, 1.82) is 0 Å². The van der Waals surface area contributed by atoms with Crippen molar-refractivity contribution >= 4 is 5.91 Å². The van der Waals surface area contributed by atoms with Crippen LogP contribution in [0.3, 0.4) is 0 Å². The van der Waals surface area contributed by atoms with E-state index in [0.717, 1.165) is 30.8 Å². The fourth-order valence-electron chi connectivity index (χ4n) is 1.67. The first-order valence-corrected chi connectivity index (χ1v) is 6.79. The standard InChI is InChI=1S/C15H23NO3/c1-3-4-5-9-15(17)16-10-11-19-14-8-6-7-13(12-14)18-2/h6-8,12H,3-5,9-11H2,1-2H3,(H,16,17). The monoisotopic (exact) mass is 265 g/mol. The Morgan fingerprint density at radius 3 is 2.79 bits per heavy atom. The molecule has 0 saturated heterocycles. The molecule has 19 heavy (non-hydrogen) atoms. The van der Waals surface area contributed by atoms with E-state index in [9.17, 15) is 4.79 Å². The van der Waals surface area contributed by atoms with Gasteiger partial charge in [-0.2, -0.15) is 0 Å². The molecule has 0 aliphatic carbocycles. The Morgan fingerprint density at radius 1 is 1.26 bits per heavy atom. The summed E-state index contributed by atoms with van der Waals surface area (Å²) in [6, 6.07) is 7.43. The van der Waals surface area contributed by atoms with Crippen molar-refractivity contribution in [2.75, 3.05) is 20.3 Å². The number of unbranched alkanes of at least 4 members (excludes halogenated alkanes) is 2. The van der Waals surface area contributed by atoms with Crippen LogP contribution in [-0.4, -0.2) is 26.2 Å². The second-order valence-corrected chi connectivity index (χ2v) is 4.33. The molecule has 0 aliphatic heterocycles. The van der Waals surface area contributed by atoms with Gasteiger partial charge >= 0.3 is 0 Å². The zero-order chi connectivity index (χ0) is 13.9. The predicted octanol–water partition coefficient (Wildman–Crippen LogP) is 2.77. The van der Waals surface area contributed by atoms with Gasteiger partial charge in [0.25, 0.3) is 0 Å². The molecule has 0 saturated carbocycles. The van der Waals surface area contributed by atoms with Gasteiger partial charge in [0, 0.05) is 12.5 Å². The maximum Gasteiger partial charge on any atom is 0.220 e. The molecule has 0 atom stereocenters. The highest BCUT2D eigenvalue weighted by Crippen LogP contribution is 2.18. The normalized spacial score (nSPS) is 10.0. The molecule has 1 rings (SSSR count). The smallest absolute Gasteiger partial charge is 0.220 e. The summed E-state index contributed by atoms with van der Waals surface area (Å²) in [6.07, 6.45) is 3.80. The molecule has 4 nitrogen and oxygen atoms in total. The number of hydrogen-bond donors (Lipinski definition) is 1. The number of amides is 1. The number of ether oxygens (including phenoxy) is 2. The second kappa shape index (κ2) is 9.25. The van der Waals surface area contributed by atoms with Gasteiger partial charge in [0.15, 0.2) is 0 Å². The van der Waals surface area contributed by atoms with Crippen LogP contribution >= 0.6 is 0 Å². The van der Waals surface area contributed by atoms with E-state index < -0.39 is 0 Å². The Morgan fingerprint density at radius 2 is 2.05 bits per heavy atom. The number of rotatable bonds is 9. The van der Waals surface area contributed by atoms with Gasteiger partial charge in [-0.1, -0.05) is 25.8 Å². The Kier molecular flexibility index (Phi) is 7.47. The van der Waals surface area contributed by atoms with Crippen LogP contribution in [0.15, 0.2) is 24.3 Å². The third-order valence-corrected chi connectivity index (χ3v) is 2.74.